The summed E-state index contributed by atoms with van der Waals surface area (Å²) in [6.45, 7) is 6.92. The summed E-state index contributed by atoms with van der Waals surface area (Å²) >= 11 is 0. The van der Waals surface area contributed by atoms with Gasteiger partial charge in [-0.1, -0.05) is 25.1 Å². The van der Waals surface area contributed by atoms with Crippen LogP contribution in [0.1, 0.15) is 56.0 Å². The molecule has 260 valence electrons. The van der Waals surface area contributed by atoms with E-state index in [9.17, 15) is 29.1 Å². The molecule has 0 unspecified atom stereocenters. The molecular weight excluding hydrogens is 642 g/mol. The number of fused-ring (bicyclic) bond motifs is 5. The monoisotopic (exact) mass is 681 g/mol. The van der Waals surface area contributed by atoms with E-state index in [4.69, 9.17) is 9.47 Å². The van der Waals surface area contributed by atoms with Crippen LogP contribution in [0, 0.1) is 18.3 Å². The molecule has 2 aromatic heterocycles. The number of allylic oxidation sites excluding steroid dienone is 4. The summed E-state index contributed by atoms with van der Waals surface area (Å²) in [5.74, 6) is -0.620. The number of hydrogen-bond acceptors (Lipinski definition) is 9. The van der Waals surface area contributed by atoms with Crippen molar-refractivity contribution in [2.24, 2.45) is 18.4 Å². The van der Waals surface area contributed by atoms with Crippen molar-refractivity contribution in [2.75, 3.05) is 14.2 Å². The number of phenolic OH excluding ortho intramolecular Hbond substituents is 1. The summed E-state index contributed by atoms with van der Waals surface area (Å²) in [5, 5.41) is 10.3. The molecule has 2 aromatic carbocycles. The zero-order valence-electron chi connectivity index (χ0n) is 29.1. The second-order valence-corrected chi connectivity index (χ2v) is 13.7. The lowest BCUT2D eigenvalue weighted by Crippen LogP contribution is -2.55. The summed E-state index contributed by atoms with van der Waals surface area (Å²) in [5.41, 5.74) is 1.53. The minimum absolute atomic E-state index is 0.00737. The van der Waals surface area contributed by atoms with Crippen molar-refractivity contribution in [1.29, 1.82) is 0 Å². The Labute approximate surface area is 286 Å². The van der Waals surface area contributed by atoms with Gasteiger partial charge < -0.3 is 19.1 Å². The summed E-state index contributed by atoms with van der Waals surface area (Å²) in [6.07, 6.45) is 2.06. The fourth-order valence-electron chi connectivity index (χ4n) is 8.41. The third-order valence-corrected chi connectivity index (χ3v) is 11.3. The van der Waals surface area contributed by atoms with E-state index in [1.165, 1.54) is 28.2 Å². The Morgan fingerprint density at radius 1 is 0.960 bits per heavy atom. The largest absolute Gasteiger partial charge is 0.508 e. The molecule has 3 aliphatic rings. The van der Waals surface area contributed by atoms with Crippen LogP contribution in [-0.2, 0) is 36.1 Å². The Kier molecular flexibility index (Phi) is 7.65. The highest BCUT2D eigenvalue weighted by molar-refractivity contribution is 6.15. The first-order chi connectivity index (χ1) is 23.7. The predicted octanol–water partition coefficient (Wildman–Crippen LogP) is 3.11. The van der Waals surface area contributed by atoms with Crippen molar-refractivity contribution in [3.8, 4) is 17.2 Å². The van der Waals surface area contributed by atoms with Gasteiger partial charge in [0.05, 0.1) is 43.3 Å². The van der Waals surface area contributed by atoms with Crippen LogP contribution in [0.25, 0.3) is 11.0 Å². The van der Waals surface area contributed by atoms with Crippen molar-refractivity contribution in [1.82, 2.24) is 23.5 Å². The van der Waals surface area contributed by atoms with Gasteiger partial charge >= 0.3 is 11.4 Å². The quantitative estimate of drug-likeness (QED) is 0.302. The number of hydrogen-bond donors (Lipinski definition) is 1. The molecule has 0 radical (unpaired) electrons. The average molecular weight is 682 g/mol. The number of methoxy groups -OCH3 is 2. The summed E-state index contributed by atoms with van der Waals surface area (Å²) in [4.78, 5) is 74.1. The Balaban J connectivity index is 1.31. The molecular formula is C37H39N5O8. The maximum atomic E-state index is 14.2. The second-order valence-electron chi connectivity index (χ2n) is 13.7. The smallest absolute Gasteiger partial charge is 0.347 e. The predicted molar refractivity (Wildman–Crippen MR) is 184 cm³/mol. The molecule has 2 aliphatic carbocycles. The fourth-order valence-corrected chi connectivity index (χ4v) is 8.41. The molecule has 7 rings (SSSR count). The number of nitrogens with zero attached hydrogens (tertiary/aromatic N) is 5. The van der Waals surface area contributed by atoms with Crippen molar-refractivity contribution in [3.05, 3.63) is 101 Å². The number of phenols is 1. The number of ketones is 2. The van der Waals surface area contributed by atoms with Gasteiger partial charge in [-0.15, -0.1) is 0 Å². The van der Waals surface area contributed by atoms with Gasteiger partial charge in [0.2, 0.25) is 0 Å². The Hall–Kier alpha value is -5.46. The van der Waals surface area contributed by atoms with E-state index in [1.807, 2.05) is 19.1 Å². The van der Waals surface area contributed by atoms with Gasteiger partial charge in [-0.25, -0.2) is 28.5 Å². The summed E-state index contributed by atoms with van der Waals surface area (Å²) < 4.78 is 16.1. The number of Topliss-reactive ketones (excluding diaryl/α,β-unsaturated/α-hetero) is 2. The van der Waals surface area contributed by atoms with Crippen LogP contribution in [0.5, 0.6) is 17.2 Å². The SMILES string of the molecule is COc1cc2nc(CCn3c(=O)n4n(c3=O)[C@@H]3C[C@H]5C(=O)C(C)=C(C)C(=O)[C@@]5(C)[C@@H](c5ccc(O)c(C)c5)C3=CC4)c(=O)n(C)c2cc1OC. The maximum Gasteiger partial charge on any atom is 0.347 e. The van der Waals surface area contributed by atoms with E-state index >= 15 is 0 Å². The van der Waals surface area contributed by atoms with Crippen LogP contribution in [0.3, 0.4) is 0 Å². The van der Waals surface area contributed by atoms with E-state index < -0.39 is 34.7 Å². The van der Waals surface area contributed by atoms with Crippen LogP contribution < -0.4 is 26.4 Å². The molecule has 13 nitrogen and oxygen atoms in total. The molecule has 0 saturated heterocycles. The number of aromatic nitrogens is 5. The molecule has 50 heavy (non-hydrogen) atoms. The van der Waals surface area contributed by atoms with Crippen molar-refractivity contribution < 1.29 is 24.2 Å². The number of rotatable bonds is 6. The normalized spacial score (nSPS) is 23.0. The molecule has 1 saturated carbocycles. The van der Waals surface area contributed by atoms with Gasteiger partial charge in [-0.05, 0) is 61.1 Å². The molecule has 0 amide bonds. The van der Waals surface area contributed by atoms with E-state index in [2.05, 4.69) is 4.98 Å². The van der Waals surface area contributed by atoms with Gasteiger partial charge in [-0.3, -0.25) is 14.4 Å². The topological polar surface area (TPSA) is 157 Å². The zero-order chi connectivity index (χ0) is 36.0. The Morgan fingerprint density at radius 3 is 2.34 bits per heavy atom. The number of carbonyl (C=O) groups is 2. The molecule has 1 fully saturated rings. The molecule has 13 heteroatoms. The Morgan fingerprint density at radius 2 is 1.66 bits per heavy atom. The first-order valence-corrected chi connectivity index (χ1v) is 16.5. The molecule has 3 heterocycles. The summed E-state index contributed by atoms with van der Waals surface area (Å²) in [7, 11) is 4.62. The third kappa shape index (κ3) is 4.51. The maximum absolute atomic E-state index is 14.2. The molecule has 0 bridgehead atoms. The lowest BCUT2D eigenvalue weighted by Gasteiger charge is -2.53. The van der Waals surface area contributed by atoms with Crippen LogP contribution in [0.2, 0.25) is 0 Å². The van der Waals surface area contributed by atoms with Gasteiger partial charge in [0.1, 0.15) is 11.4 Å². The van der Waals surface area contributed by atoms with Crippen LogP contribution >= 0.6 is 0 Å². The van der Waals surface area contributed by atoms with Crippen LogP contribution in [0.15, 0.2) is 67.5 Å². The highest BCUT2D eigenvalue weighted by atomic mass is 16.5. The minimum atomic E-state index is -1.14. The first kappa shape index (κ1) is 33.1. The van der Waals surface area contributed by atoms with Crippen LogP contribution in [0.4, 0.5) is 0 Å². The molecule has 1 N–H and O–H groups in total. The van der Waals surface area contributed by atoms with E-state index in [0.29, 0.717) is 39.2 Å². The van der Waals surface area contributed by atoms with Crippen LogP contribution in [-0.4, -0.2) is 54.4 Å². The fraction of sp³-hybridized carbons (Fsp3) is 0.405. The molecule has 1 aliphatic heterocycles. The molecule has 0 spiro atoms. The average Bonchev–Trinajstić information content (AvgIpc) is 3.35. The number of aryl methyl sites for hydroxylation is 3. The van der Waals surface area contributed by atoms with Crippen molar-refractivity contribution >= 4 is 22.6 Å². The number of ether oxygens (including phenoxy) is 2. The van der Waals surface area contributed by atoms with Gasteiger partial charge in [0, 0.05) is 44.0 Å². The van der Waals surface area contributed by atoms with E-state index in [0.717, 1.165) is 15.7 Å². The van der Waals surface area contributed by atoms with E-state index in [1.54, 1.807) is 52.1 Å². The van der Waals surface area contributed by atoms with Gasteiger partial charge in [-0.2, -0.15) is 0 Å². The lowest BCUT2D eigenvalue weighted by atomic mass is 9.50. The first-order valence-electron chi connectivity index (χ1n) is 16.5. The standard InChI is InChI=1S/C37H39N5O8/c1-18-14-21(8-9-28(18)43)31-22-10-13-41-35(47)40(12-11-24-34(46)39(5)27-17-30(50-7)29(49-6)16-25(27)38-24)36(48)42(41)26(22)15-23-32(44)19(2)20(3)33(45)37(23,31)4/h8-10,14,16-17,23,26,31,43H,11-13,15H2,1-7H3/t23-,26+,31-,37+/m0/s1. The minimum Gasteiger partial charge on any atom is -0.508 e. The number of benzene rings is 2. The zero-order valence-corrected chi connectivity index (χ0v) is 29.1. The number of aromatic hydroxyl groups is 1. The summed E-state index contributed by atoms with van der Waals surface area (Å²) in [6, 6.07) is 7.81. The molecule has 4 aromatic rings. The Bertz CT molecular complexity index is 2410. The van der Waals surface area contributed by atoms with Crippen molar-refractivity contribution in [2.45, 2.75) is 65.6 Å². The highest BCUT2D eigenvalue weighted by Crippen LogP contribution is 2.60. The number of carbonyl (C=O) groups excluding carboxylic acids is 2. The second kappa shape index (κ2) is 11.6. The van der Waals surface area contributed by atoms with Crippen molar-refractivity contribution in [3.63, 3.8) is 0 Å². The highest BCUT2D eigenvalue weighted by Gasteiger charge is 2.60. The lowest BCUT2D eigenvalue weighted by molar-refractivity contribution is -0.140. The van der Waals surface area contributed by atoms with Gasteiger partial charge in [0.25, 0.3) is 5.56 Å². The third-order valence-electron chi connectivity index (χ3n) is 11.3. The van der Waals surface area contributed by atoms with Gasteiger partial charge in [0.15, 0.2) is 23.1 Å². The molecule has 4 atom stereocenters. The van der Waals surface area contributed by atoms with E-state index in [-0.39, 0.29) is 54.5 Å².